The number of fused-ring (bicyclic) bond motifs is 1. The van der Waals surface area contributed by atoms with Crippen molar-refractivity contribution in [3.63, 3.8) is 0 Å². The van der Waals surface area contributed by atoms with Gasteiger partial charge in [-0.15, -0.1) is 0 Å². The zero-order valence-corrected chi connectivity index (χ0v) is 26.8. The van der Waals surface area contributed by atoms with E-state index in [1.165, 1.54) is 76.0 Å². The number of aromatic nitrogens is 3. The number of ether oxygens (including phenoxy) is 1. The number of hydrogen-bond donors (Lipinski definition) is 1. The summed E-state index contributed by atoms with van der Waals surface area (Å²) in [6.45, 7) is 7.29. The van der Waals surface area contributed by atoms with Crippen molar-refractivity contribution in [2.45, 2.75) is 51.3 Å². The summed E-state index contributed by atoms with van der Waals surface area (Å²) in [4.78, 5) is 14.4. The van der Waals surface area contributed by atoms with Gasteiger partial charge in [0.1, 0.15) is 30.3 Å². The lowest BCUT2D eigenvalue weighted by Gasteiger charge is -2.40. The van der Waals surface area contributed by atoms with Crippen LogP contribution in [0.25, 0.3) is 22.0 Å². The first-order chi connectivity index (χ1) is 22.6. The third-order valence-electron chi connectivity index (χ3n) is 9.34. The molecule has 0 bridgehead atoms. The summed E-state index contributed by atoms with van der Waals surface area (Å²) in [7, 11) is 0. The molecule has 9 heteroatoms. The molecule has 0 aliphatic carbocycles. The van der Waals surface area contributed by atoms with E-state index < -0.39 is 0 Å². The van der Waals surface area contributed by atoms with Crippen molar-refractivity contribution in [1.29, 1.82) is 0 Å². The highest BCUT2D eigenvalue weighted by atomic mass is 35.5. The van der Waals surface area contributed by atoms with Gasteiger partial charge in [0.25, 0.3) is 0 Å². The molecular weight excluding hydrogens is 599 g/mol. The molecule has 3 aromatic carbocycles. The molecule has 2 aliphatic heterocycles. The molecule has 4 heterocycles. The van der Waals surface area contributed by atoms with E-state index in [1.807, 2.05) is 18.2 Å². The lowest BCUT2D eigenvalue weighted by molar-refractivity contribution is 0.0911. The van der Waals surface area contributed by atoms with E-state index >= 15 is 0 Å². The van der Waals surface area contributed by atoms with Gasteiger partial charge in [-0.3, -0.25) is 0 Å². The van der Waals surface area contributed by atoms with Crippen LogP contribution in [-0.2, 0) is 13.2 Å². The maximum Gasteiger partial charge on any atom is 0.141 e. The standard InChI is InChI=1S/C37H40ClFN6O/c38-34-23-31(8-10-36(34)46-25-27-5-4-6-30(39)21-27)42-37-33-22-28(7-9-35(33)40-26-41-37)29-11-16-44(24-29)20-19-43-17-12-32(13-18-43)45-14-2-1-3-15-45/h4-11,16,21-24,26,32H,1-3,12-15,17-20,25H2,(H,40,41,42). The van der Waals surface area contributed by atoms with E-state index in [-0.39, 0.29) is 12.4 Å². The van der Waals surface area contributed by atoms with Crippen molar-refractivity contribution in [2.75, 3.05) is 38.0 Å². The quantitative estimate of drug-likeness (QED) is 0.167. The fourth-order valence-electron chi connectivity index (χ4n) is 6.76. The van der Waals surface area contributed by atoms with Crippen LogP contribution in [0.5, 0.6) is 5.75 Å². The summed E-state index contributed by atoms with van der Waals surface area (Å²) in [6, 6.07) is 21.1. The average Bonchev–Trinajstić information content (AvgIpc) is 3.57. The number of rotatable bonds is 10. The molecule has 2 aromatic heterocycles. The van der Waals surface area contributed by atoms with Gasteiger partial charge in [-0.1, -0.05) is 36.2 Å². The molecule has 0 saturated carbocycles. The highest BCUT2D eigenvalue weighted by molar-refractivity contribution is 6.32. The van der Waals surface area contributed by atoms with Gasteiger partial charge >= 0.3 is 0 Å². The summed E-state index contributed by atoms with van der Waals surface area (Å²) >= 11 is 6.55. The Hall–Kier alpha value is -3.98. The fraction of sp³-hybridized carbons (Fsp3) is 0.351. The molecule has 238 valence electrons. The largest absolute Gasteiger partial charge is 0.487 e. The number of likely N-dealkylation sites (tertiary alicyclic amines) is 2. The Labute approximate surface area is 275 Å². The normalized spacial score (nSPS) is 16.6. The zero-order valence-electron chi connectivity index (χ0n) is 26.0. The molecule has 0 atom stereocenters. The molecule has 2 fully saturated rings. The van der Waals surface area contributed by atoms with Crippen LogP contribution in [-0.4, -0.2) is 63.1 Å². The Morgan fingerprint density at radius 3 is 2.57 bits per heavy atom. The summed E-state index contributed by atoms with van der Waals surface area (Å²) in [5.41, 5.74) is 4.66. The van der Waals surface area contributed by atoms with Crippen LogP contribution in [0.3, 0.4) is 0 Å². The predicted octanol–water partition coefficient (Wildman–Crippen LogP) is 8.16. The average molecular weight is 639 g/mol. The molecule has 46 heavy (non-hydrogen) atoms. The fourth-order valence-corrected chi connectivity index (χ4v) is 6.99. The summed E-state index contributed by atoms with van der Waals surface area (Å²) in [6.07, 6.45) is 12.7. The van der Waals surface area contributed by atoms with Gasteiger partial charge in [-0.2, -0.15) is 0 Å². The second kappa shape index (κ2) is 14.2. The van der Waals surface area contributed by atoms with Gasteiger partial charge in [0, 0.05) is 42.6 Å². The summed E-state index contributed by atoms with van der Waals surface area (Å²) in [5.74, 6) is 0.931. The van der Waals surface area contributed by atoms with E-state index in [9.17, 15) is 4.39 Å². The first-order valence-electron chi connectivity index (χ1n) is 16.4. The highest BCUT2D eigenvalue weighted by Crippen LogP contribution is 2.32. The van der Waals surface area contributed by atoms with Gasteiger partial charge in [0.15, 0.2) is 0 Å². The Morgan fingerprint density at radius 1 is 0.870 bits per heavy atom. The molecular formula is C37H40ClFN6O. The van der Waals surface area contributed by atoms with Crippen LogP contribution < -0.4 is 10.1 Å². The Bertz CT molecular complexity index is 1780. The first-order valence-corrected chi connectivity index (χ1v) is 16.8. The van der Waals surface area contributed by atoms with Gasteiger partial charge in [-0.25, -0.2) is 14.4 Å². The zero-order chi connectivity index (χ0) is 31.3. The van der Waals surface area contributed by atoms with Gasteiger partial charge in [-0.05, 0) is 117 Å². The Morgan fingerprint density at radius 2 is 1.74 bits per heavy atom. The molecule has 0 amide bonds. The topological polar surface area (TPSA) is 58.5 Å². The number of anilines is 2. The third kappa shape index (κ3) is 7.35. The maximum atomic E-state index is 13.5. The number of halogens is 2. The monoisotopic (exact) mass is 638 g/mol. The number of hydrogen-bond acceptors (Lipinski definition) is 6. The van der Waals surface area contributed by atoms with Crippen molar-refractivity contribution in [1.82, 2.24) is 24.3 Å². The van der Waals surface area contributed by atoms with E-state index in [2.05, 4.69) is 60.2 Å². The van der Waals surface area contributed by atoms with Crippen LogP contribution >= 0.6 is 11.6 Å². The molecule has 1 N–H and O–H groups in total. The number of nitrogens with zero attached hydrogens (tertiary/aromatic N) is 5. The lowest BCUT2D eigenvalue weighted by Crippen LogP contribution is -2.47. The van der Waals surface area contributed by atoms with Crippen molar-refractivity contribution in [3.05, 3.63) is 102 Å². The molecule has 0 spiro atoms. The molecule has 2 aliphatic rings. The molecule has 0 unspecified atom stereocenters. The van der Waals surface area contributed by atoms with Crippen molar-refractivity contribution >= 4 is 34.0 Å². The third-order valence-corrected chi connectivity index (χ3v) is 9.63. The second-order valence-corrected chi connectivity index (χ2v) is 12.9. The van der Waals surface area contributed by atoms with Crippen molar-refractivity contribution < 1.29 is 9.13 Å². The minimum Gasteiger partial charge on any atom is -0.487 e. The minimum absolute atomic E-state index is 0.225. The van der Waals surface area contributed by atoms with Crippen LogP contribution in [0.1, 0.15) is 37.7 Å². The predicted molar refractivity (Wildman–Crippen MR) is 183 cm³/mol. The van der Waals surface area contributed by atoms with E-state index in [1.54, 1.807) is 24.5 Å². The van der Waals surface area contributed by atoms with Crippen molar-refractivity contribution in [3.8, 4) is 16.9 Å². The second-order valence-electron chi connectivity index (χ2n) is 12.5. The molecule has 2 saturated heterocycles. The van der Waals surface area contributed by atoms with Gasteiger partial charge in [0.2, 0.25) is 0 Å². The molecule has 7 nitrogen and oxygen atoms in total. The summed E-state index contributed by atoms with van der Waals surface area (Å²) < 4.78 is 21.7. The number of piperidine rings is 2. The van der Waals surface area contributed by atoms with Crippen LogP contribution in [0, 0.1) is 5.82 Å². The molecule has 7 rings (SSSR count). The van der Waals surface area contributed by atoms with Crippen LogP contribution in [0.15, 0.2) is 85.5 Å². The molecule has 0 radical (unpaired) electrons. The summed E-state index contributed by atoms with van der Waals surface area (Å²) in [5, 5.41) is 4.78. The van der Waals surface area contributed by atoms with E-state index in [0.29, 0.717) is 16.6 Å². The lowest BCUT2D eigenvalue weighted by atomic mass is 10.00. The van der Waals surface area contributed by atoms with Crippen molar-refractivity contribution in [2.24, 2.45) is 0 Å². The Balaban J connectivity index is 0.981. The first kappa shape index (κ1) is 30.7. The smallest absolute Gasteiger partial charge is 0.141 e. The number of benzene rings is 3. The number of nitrogens with one attached hydrogen (secondary N) is 1. The van der Waals surface area contributed by atoms with E-state index in [4.69, 9.17) is 16.3 Å². The minimum atomic E-state index is -0.293. The van der Waals surface area contributed by atoms with Crippen LogP contribution in [0.2, 0.25) is 5.02 Å². The maximum absolute atomic E-state index is 13.5. The van der Waals surface area contributed by atoms with Gasteiger partial charge in [0.05, 0.1) is 10.5 Å². The SMILES string of the molecule is Fc1cccc(COc2ccc(Nc3ncnc4ccc(-c5ccn(CCN6CCC(N7CCCCC7)CC6)c5)cc34)cc2Cl)c1. The molecule has 5 aromatic rings. The van der Waals surface area contributed by atoms with Gasteiger partial charge < -0.3 is 24.4 Å². The van der Waals surface area contributed by atoms with E-state index in [0.717, 1.165) is 46.8 Å². The van der Waals surface area contributed by atoms with Crippen LogP contribution in [0.4, 0.5) is 15.9 Å². The highest BCUT2D eigenvalue weighted by Gasteiger charge is 2.25. The Kier molecular flexibility index (Phi) is 9.47.